The van der Waals surface area contributed by atoms with Gasteiger partial charge in [0.05, 0.1) is 4.92 Å². The van der Waals surface area contributed by atoms with E-state index in [-0.39, 0.29) is 18.0 Å². The van der Waals surface area contributed by atoms with Gasteiger partial charge in [0.15, 0.2) is 5.75 Å². The molecule has 0 saturated carbocycles. The topological polar surface area (TPSA) is 64.4 Å². The lowest BCUT2D eigenvalue weighted by atomic mass is 10.1. The number of benzene rings is 1. The molecule has 0 fully saturated rings. The summed E-state index contributed by atoms with van der Waals surface area (Å²) >= 11 is 0. The van der Waals surface area contributed by atoms with E-state index in [1.165, 1.54) is 0 Å². The van der Waals surface area contributed by atoms with Crippen LogP contribution in [0.4, 0.5) is 5.69 Å². The zero-order valence-corrected chi connectivity index (χ0v) is 12.3. The van der Waals surface area contributed by atoms with Crippen molar-refractivity contribution >= 4 is 5.69 Å². The van der Waals surface area contributed by atoms with Gasteiger partial charge in [-0.3, -0.25) is 10.1 Å². The van der Waals surface area contributed by atoms with Gasteiger partial charge in [0.1, 0.15) is 6.61 Å². The highest BCUT2D eigenvalue weighted by Crippen LogP contribution is 2.28. The van der Waals surface area contributed by atoms with Crippen molar-refractivity contribution < 1.29 is 9.66 Å². The average molecular weight is 278 g/mol. The van der Waals surface area contributed by atoms with Crippen LogP contribution < -0.4 is 10.1 Å². The second-order valence-corrected chi connectivity index (χ2v) is 5.33. The Morgan fingerprint density at radius 2 is 2.20 bits per heavy atom. The molecule has 0 aromatic heterocycles. The Bertz CT molecular complexity index is 484. The summed E-state index contributed by atoms with van der Waals surface area (Å²) in [6.45, 7) is 11.5. The third-order valence-electron chi connectivity index (χ3n) is 2.58. The molecule has 0 spiro atoms. The van der Waals surface area contributed by atoms with Gasteiger partial charge in [-0.25, -0.2) is 0 Å². The number of nitro groups is 1. The van der Waals surface area contributed by atoms with E-state index in [1.54, 1.807) is 12.1 Å². The van der Waals surface area contributed by atoms with Crippen LogP contribution in [0.25, 0.3) is 0 Å². The number of nitrogens with zero attached hydrogens (tertiary/aromatic N) is 1. The van der Waals surface area contributed by atoms with Crippen LogP contribution >= 0.6 is 0 Å². The van der Waals surface area contributed by atoms with E-state index in [0.717, 1.165) is 17.7 Å². The number of ether oxygens (including phenoxy) is 1. The minimum absolute atomic E-state index is 0.00454. The van der Waals surface area contributed by atoms with Gasteiger partial charge >= 0.3 is 5.69 Å². The van der Waals surface area contributed by atoms with Crippen LogP contribution in [-0.4, -0.2) is 18.1 Å². The summed E-state index contributed by atoms with van der Waals surface area (Å²) in [5.74, 6) is 0.828. The first-order valence-electron chi connectivity index (χ1n) is 6.65. The Kier molecular flexibility index (Phi) is 6.18. The molecule has 5 heteroatoms. The molecule has 1 N–H and O–H groups in total. The predicted octanol–water partition coefficient (Wildman–Crippen LogP) is 3.30. The molecule has 20 heavy (non-hydrogen) atoms. The zero-order valence-electron chi connectivity index (χ0n) is 12.3. The molecule has 0 heterocycles. The van der Waals surface area contributed by atoms with E-state index < -0.39 is 4.92 Å². The van der Waals surface area contributed by atoms with Crippen molar-refractivity contribution in [2.45, 2.75) is 27.3 Å². The normalized spacial score (nSPS) is 10.6. The molecule has 0 bridgehead atoms. The molecule has 1 aromatic rings. The van der Waals surface area contributed by atoms with Crippen molar-refractivity contribution in [2.75, 3.05) is 13.2 Å². The summed E-state index contributed by atoms with van der Waals surface area (Å²) in [7, 11) is 0. The van der Waals surface area contributed by atoms with E-state index in [4.69, 9.17) is 4.74 Å². The van der Waals surface area contributed by atoms with Crippen molar-refractivity contribution in [1.82, 2.24) is 5.32 Å². The lowest BCUT2D eigenvalue weighted by Crippen LogP contribution is -2.19. The Morgan fingerprint density at radius 1 is 1.50 bits per heavy atom. The molecule has 0 amide bonds. The Morgan fingerprint density at radius 3 is 2.75 bits per heavy atom. The standard InChI is InChI=1S/C15H22N2O3/c1-11(2)8-16-9-13-5-6-15(20-10-12(3)4)14(7-13)17(18)19/h5-7,11,16H,3,8-10H2,1-2,4H3. The molecule has 0 aliphatic heterocycles. The molecule has 0 aliphatic rings. The van der Waals surface area contributed by atoms with Crippen molar-refractivity contribution in [2.24, 2.45) is 5.92 Å². The van der Waals surface area contributed by atoms with Gasteiger partial charge in [-0.2, -0.15) is 0 Å². The third-order valence-corrected chi connectivity index (χ3v) is 2.58. The maximum absolute atomic E-state index is 11.1. The van der Waals surface area contributed by atoms with Crippen LogP contribution in [0.5, 0.6) is 5.75 Å². The molecule has 0 radical (unpaired) electrons. The quantitative estimate of drug-likeness (QED) is 0.450. The van der Waals surface area contributed by atoms with Crippen molar-refractivity contribution in [1.29, 1.82) is 0 Å². The summed E-state index contributed by atoms with van der Waals surface area (Å²) in [6.07, 6.45) is 0. The number of hydrogen-bond donors (Lipinski definition) is 1. The second kappa shape index (κ2) is 7.65. The fourth-order valence-corrected chi connectivity index (χ4v) is 1.64. The summed E-state index contributed by atoms with van der Waals surface area (Å²) in [5, 5.41) is 14.3. The highest BCUT2D eigenvalue weighted by molar-refractivity contribution is 5.48. The molecule has 1 rings (SSSR count). The monoisotopic (exact) mass is 278 g/mol. The van der Waals surface area contributed by atoms with Crippen molar-refractivity contribution in [3.8, 4) is 5.75 Å². The smallest absolute Gasteiger partial charge is 0.311 e. The van der Waals surface area contributed by atoms with Crippen LogP contribution in [0.15, 0.2) is 30.4 Å². The number of nitro benzene ring substituents is 1. The molecule has 5 nitrogen and oxygen atoms in total. The number of nitrogens with one attached hydrogen (secondary N) is 1. The molecule has 0 aliphatic carbocycles. The van der Waals surface area contributed by atoms with Gasteiger partial charge < -0.3 is 10.1 Å². The van der Waals surface area contributed by atoms with Gasteiger partial charge in [-0.15, -0.1) is 0 Å². The van der Waals surface area contributed by atoms with Crippen molar-refractivity contribution in [3.05, 3.63) is 46.0 Å². The van der Waals surface area contributed by atoms with E-state index in [9.17, 15) is 10.1 Å². The molecule has 0 unspecified atom stereocenters. The summed E-state index contributed by atoms with van der Waals surface area (Å²) < 4.78 is 5.40. The Labute approximate surface area is 119 Å². The van der Waals surface area contributed by atoms with Crippen LogP contribution in [-0.2, 0) is 6.54 Å². The lowest BCUT2D eigenvalue weighted by Gasteiger charge is -2.10. The first-order valence-corrected chi connectivity index (χ1v) is 6.65. The summed E-state index contributed by atoms with van der Waals surface area (Å²) in [5.41, 5.74) is 1.69. The Balaban J connectivity index is 2.78. The minimum Gasteiger partial charge on any atom is -0.482 e. The van der Waals surface area contributed by atoms with Gasteiger partial charge in [0.2, 0.25) is 0 Å². The molecule has 0 atom stereocenters. The molecule has 110 valence electrons. The molecular formula is C15H22N2O3. The van der Waals surface area contributed by atoms with Crippen LogP contribution in [0.3, 0.4) is 0 Å². The van der Waals surface area contributed by atoms with Crippen LogP contribution in [0, 0.1) is 16.0 Å². The Hall–Kier alpha value is -1.88. The van der Waals surface area contributed by atoms with Crippen molar-refractivity contribution in [3.63, 3.8) is 0 Å². The highest BCUT2D eigenvalue weighted by Gasteiger charge is 2.16. The maximum Gasteiger partial charge on any atom is 0.311 e. The second-order valence-electron chi connectivity index (χ2n) is 5.33. The zero-order chi connectivity index (χ0) is 15.1. The first kappa shape index (κ1) is 16.2. The summed E-state index contributed by atoms with van der Waals surface area (Å²) in [6, 6.07) is 5.04. The molecular weight excluding hydrogens is 256 g/mol. The van der Waals surface area contributed by atoms with Crippen LogP contribution in [0.1, 0.15) is 26.3 Å². The number of hydrogen-bond acceptors (Lipinski definition) is 4. The van der Waals surface area contributed by atoms with E-state index in [2.05, 4.69) is 25.7 Å². The van der Waals surface area contributed by atoms with Gasteiger partial charge in [0, 0.05) is 12.6 Å². The predicted molar refractivity (Wildman–Crippen MR) is 80.0 cm³/mol. The van der Waals surface area contributed by atoms with E-state index in [0.29, 0.717) is 12.5 Å². The maximum atomic E-state index is 11.1. The molecule has 1 aromatic carbocycles. The third kappa shape index (κ3) is 5.40. The average Bonchev–Trinajstić information content (AvgIpc) is 2.36. The molecule has 0 saturated heterocycles. The largest absolute Gasteiger partial charge is 0.482 e. The fourth-order valence-electron chi connectivity index (χ4n) is 1.64. The summed E-state index contributed by atoms with van der Waals surface area (Å²) in [4.78, 5) is 10.7. The number of rotatable bonds is 8. The highest BCUT2D eigenvalue weighted by atomic mass is 16.6. The lowest BCUT2D eigenvalue weighted by molar-refractivity contribution is -0.385. The SMILES string of the molecule is C=C(C)COc1ccc(CNCC(C)C)cc1[N+](=O)[O-]. The van der Waals surface area contributed by atoms with Crippen LogP contribution in [0.2, 0.25) is 0 Å². The van der Waals surface area contributed by atoms with Gasteiger partial charge in [-0.1, -0.05) is 26.5 Å². The minimum atomic E-state index is -0.417. The fraction of sp³-hybridized carbons (Fsp3) is 0.467. The van der Waals surface area contributed by atoms with E-state index in [1.807, 2.05) is 13.0 Å². The van der Waals surface area contributed by atoms with Gasteiger partial charge in [-0.05, 0) is 36.6 Å². The van der Waals surface area contributed by atoms with E-state index >= 15 is 0 Å². The first-order chi connectivity index (χ1) is 9.40. The van der Waals surface area contributed by atoms with Gasteiger partial charge in [0.25, 0.3) is 0 Å².